The molecule has 0 saturated heterocycles. The van der Waals surface area contributed by atoms with Gasteiger partial charge in [-0.2, -0.15) is 0 Å². The van der Waals surface area contributed by atoms with E-state index in [0.717, 1.165) is 24.0 Å². The molecular weight excluding hydrogens is 215 g/mol. The molecule has 1 aromatic rings. The van der Waals surface area contributed by atoms with Crippen LogP contribution in [0.3, 0.4) is 0 Å². The number of benzene rings is 1. The molecule has 0 fully saturated rings. The van der Waals surface area contributed by atoms with Gasteiger partial charge in [0.25, 0.3) is 0 Å². The van der Waals surface area contributed by atoms with Crippen molar-refractivity contribution in [1.82, 2.24) is 5.43 Å². The van der Waals surface area contributed by atoms with Crippen LogP contribution in [0.25, 0.3) is 0 Å². The molecular formula is C11H16ClFN2. The van der Waals surface area contributed by atoms with Crippen molar-refractivity contribution in [3.63, 3.8) is 0 Å². The van der Waals surface area contributed by atoms with Crippen LogP contribution in [-0.4, -0.2) is 5.88 Å². The predicted octanol–water partition coefficient (Wildman–Crippen LogP) is 2.66. The number of halogens is 2. The van der Waals surface area contributed by atoms with E-state index in [4.69, 9.17) is 17.4 Å². The van der Waals surface area contributed by atoms with Gasteiger partial charge in [0.15, 0.2) is 0 Å². The highest BCUT2D eigenvalue weighted by molar-refractivity contribution is 6.17. The Morgan fingerprint density at radius 2 is 2.27 bits per heavy atom. The van der Waals surface area contributed by atoms with Gasteiger partial charge in [0.05, 0.1) is 0 Å². The molecule has 0 spiro atoms. The zero-order chi connectivity index (χ0) is 11.3. The van der Waals surface area contributed by atoms with E-state index in [2.05, 4.69) is 5.43 Å². The molecule has 0 radical (unpaired) electrons. The molecule has 0 bridgehead atoms. The van der Waals surface area contributed by atoms with Crippen molar-refractivity contribution in [3.8, 4) is 0 Å². The number of rotatable bonds is 5. The Balaban J connectivity index is 2.85. The quantitative estimate of drug-likeness (QED) is 0.464. The summed E-state index contributed by atoms with van der Waals surface area (Å²) in [5.74, 6) is 5.80. The maximum Gasteiger partial charge on any atom is 0.123 e. The minimum atomic E-state index is -0.235. The molecule has 1 atom stereocenters. The van der Waals surface area contributed by atoms with Crippen molar-refractivity contribution in [2.45, 2.75) is 25.8 Å². The molecule has 1 rings (SSSR count). The summed E-state index contributed by atoms with van der Waals surface area (Å²) < 4.78 is 13.1. The van der Waals surface area contributed by atoms with Crippen LogP contribution in [0.5, 0.6) is 0 Å². The van der Waals surface area contributed by atoms with Crippen molar-refractivity contribution >= 4 is 11.6 Å². The Morgan fingerprint density at radius 3 is 2.87 bits per heavy atom. The van der Waals surface area contributed by atoms with Gasteiger partial charge in [-0.3, -0.25) is 11.3 Å². The first-order valence-electron chi connectivity index (χ1n) is 4.97. The van der Waals surface area contributed by atoms with E-state index in [-0.39, 0.29) is 11.9 Å². The Morgan fingerprint density at radius 1 is 1.53 bits per heavy atom. The highest BCUT2D eigenvalue weighted by Gasteiger charge is 2.12. The van der Waals surface area contributed by atoms with Gasteiger partial charge >= 0.3 is 0 Å². The summed E-state index contributed by atoms with van der Waals surface area (Å²) in [6.07, 6.45) is 1.66. The van der Waals surface area contributed by atoms with Gasteiger partial charge < -0.3 is 0 Å². The molecule has 1 unspecified atom stereocenters. The number of alkyl halides is 1. The van der Waals surface area contributed by atoms with Crippen molar-refractivity contribution in [2.24, 2.45) is 5.84 Å². The summed E-state index contributed by atoms with van der Waals surface area (Å²) in [6, 6.07) is 4.71. The number of aryl methyl sites for hydroxylation is 1. The molecule has 15 heavy (non-hydrogen) atoms. The van der Waals surface area contributed by atoms with E-state index in [0.29, 0.717) is 5.88 Å². The molecule has 2 nitrogen and oxygen atoms in total. The number of hydrogen-bond donors (Lipinski definition) is 2. The smallest absolute Gasteiger partial charge is 0.123 e. The largest absolute Gasteiger partial charge is 0.271 e. The lowest BCUT2D eigenvalue weighted by molar-refractivity contribution is 0.504. The Labute approximate surface area is 94.6 Å². The van der Waals surface area contributed by atoms with Crippen LogP contribution in [0.1, 0.15) is 30.0 Å². The first kappa shape index (κ1) is 12.4. The Kier molecular flexibility index (Phi) is 5.02. The maximum atomic E-state index is 13.1. The van der Waals surface area contributed by atoms with Crippen molar-refractivity contribution < 1.29 is 4.39 Å². The lowest BCUT2D eigenvalue weighted by atomic mass is 9.98. The predicted molar refractivity (Wildman–Crippen MR) is 61.2 cm³/mol. The second kappa shape index (κ2) is 6.05. The summed E-state index contributed by atoms with van der Waals surface area (Å²) in [4.78, 5) is 0. The minimum Gasteiger partial charge on any atom is -0.271 e. The van der Waals surface area contributed by atoms with E-state index in [1.807, 2.05) is 6.92 Å². The third-order valence-corrected chi connectivity index (χ3v) is 2.71. The molecule has 0 aliphatic heterocycles. The molecule has 0 saturated carbocycles. The molecule has 0 aliphatic carbocycles. The van der Waals surface area contributed by atoms with Crippen LogP contribution in [0.4, 0.5) is 4.39 Å². The van der Waals surface area contributed by atoms with Gasteiger partial charge in [-0.1, -0.05) is 6.07 Å². The summed E-state index contributed by atoms with van der Waals surface area (Å²) in [6.45, 7) is 1.94. The van der Waals surface area contributed by atoms with Crippen LogP contribution >= 0.6 is 11.6 Å². The minimum absolute atomic E-state index is 0.0283. The fraction of sp³-hybridized carbons (Fsp3) is 0.455. The maximum absolute atomic E-state index is 13.1. The summed E-state index contributed by atoms with van der Waals surface area (Å²) in [7, 11) is 0. The van der Waals surface area contributed by atoms with E-state index in [9.17, 15) is 4.39 Å². The zero-order valence-electron chi connectivity index (χ0n) is 8.76. The average Bonchev–Trinajstić information content (AvgIpc) is 2.24. The van der Waals surface area contributed by atoms with E-state index >= 15 is 0 Å². The van der Waals surface area contributed by atoms with Gasteiger partial charge in [0, 0.05) is 11.9 Å². The van der Waals surface area contributed by atoms with Crippen LogP contribution in [0.2, 0.25) is 0 Å². The zero-order valence-corrected chi connectivity index (χ0v) is 9.52. The summed E-state index contributed by atoms with van der Waals surface area (Å²) in [5.41, 5.74) is 4.64. The number of nitrogens with one attached hydrogen (secondary N) is 1. The number of nitrogens with two attached hydrogens (primary N) is 1. The molecule has 3 N–H and O–H groups in total. The third kappa shape index (κ3) is 3.45. The molecule has 84 valence electrons. The highest BCUT2D eigenvalue weighted by Crippen LogP contribution is 2.22. The average molecular weight is 231 g/mol. The lowest BCUT2D eigenvalue weighted by Gasteiger charge is -2.18. The van der Waals surface area contributed by atoms with Crippen LogP contribution in [-0.2, 0) is 0 Å². The molecule has 4 heteroatoms. The first-order valence-corrected chi connectivity index (χ1v) is 5.50. The highest BCUT2D eigenvalue weighted by atomic mass is 35.5. The number of hydrogen-bond acceptors (Lipinski definition) is 2. The van der Waals surface area contributed by atoms with Crippen LogP contribution in [0, 0.1) is 12.7 Å². The Bertz CT molecular complexity index is 317. The van der Waals surface area contributed by atoms with E-state index < -0.39 is 0 Å². The first-order chi connectivity index (χ1) is 7.19. The van der Waals surface area contributed by atoms with E-state index in [1.54, 1.807) is 6.07 Å². The molecule has 1 aromatic carbocycles. The van der Waals surface area contributed by atoms with E-state index in [1.165, 1.54) is 12.1 Å². The normalized spacial score (nSPS) is 12.8. The summed E-state index contributed by atoms with van der Waals surface area (Å²) >= 11 is 5.62. The second-order valence-electron chi connectivity index (χ2n) is 3.55. The SMILES string of the molecule is Cc1ccc(F)cc1C(CCCCl)NN. The van der Waals surface area contributed by atoms with Gasteiger partial charge in [0.1, 0.15) is 5.82 Å². The molecule has 0 aromatic heterocycles. The third-order valence-electron chi connectivity index (χ3n) is 2.44. The molecule has 0 amide bonds. The molecule has 0 heterocycles. The molecule has 0 aliphatic rings. The fourth-order valence-corrected chi connectivity index (χ4v) is 1.75. The second-order valence-corrected chi connectivity index (χ2v) is 3.93. The van der Waals surface area contributed by atoms with Gasteiger partial charge in [-0.15, -0.1) is 11.6 Å². The number of hydrazine groups is 1. The lowest BCUT2D eigenvalue weighted by Crippen LogP contribution is -2.28. The van der Waals surface area contributed by atoms with Crippen molar-refractivity contribution in [3.05, 3.63) is 35.1 Å². The van der Waals surface area contributed by atoms with Gasteiger partial charge in [-0.05, 0) is 43.0 Å². The van der Waals surface area contributed by atoms with Crippen molar-refractivity contribution in [2.75, 3.05) is 5.88 Å². The summed E-state index contributed by atoms with van der Waals surface area (Å²) in [5, 5.41) is 0. The topological polar surface area (TPSA) is 38.0 Å². The monoisotopic (exact) mass is 230 g/mol. The van der Waals surface area contributed by atoms with Gasteiger partial charge in [-0.25, -0.2) is 4.39 Å². The fourth-order valence-electron chi connectivity index (χ4n) is 1.60. The van der Waals surface area contributed by atoms with Crippen molar-refractivity contribution in [1.29, 1.82) is 0 Å². The standard InChI is InChI=1S/C11H16ClFN2/c1-8-4-5-9(13)7-10(8)11(15-14)3-2-6-12/h4-5,7,11,15H,2-3,6,14H2,1H3. The Hall–Kier alpha value is -0.640. The van der Waals surface area contributed by atoms with Crippen LogP contribution in [0.15, 0.2) is 18.2 Å². The van der Waals surface area contributed by atoms with Crippen LogP contribution < -0.4 is 11.3 Å². The van der Waals surface area contributed by atoms with Gasteiger partial charge in [0.2, 0.25) is 0 Å².